The third-order valence-electron chi connectivity index (χ3n) is 2.76. The van der Waals surface area contributed by atoms with Crippen LogP contribution in [0.1, 0.15) is 35.7 Å². The van der Waals surface area contributed by atoms with Crippen LogP contribution in [0.2, 0.25) is 0 Å². The zero-order chi connectivity index (χ0) is 11.5. The SMILES string of the molecule is Cc1noc(C)c1CNC(C)c1ccn[nH]1. The smallest absolute Gasteiger partial charge is 0.138 e. The molecule has 5 nitrogen and oxygen atoms in total. The predicted molar refractivity (Wildman–Crippen MR) is 59.8 cm³/mol. The highest BCUT2D eigenvalue weighted by Gasteiger charge is 2.11. The van der Waals surface area contributed by atoms with Crippen LogP contribution >= 0.6 is 0 Å². The van der Waals surface area contributed by atoms with Crippen molar-refractivity contribution in [1.29, 1.82) is 0 Å². The standard InChI is InChI=1S/C11H16N4O/c1-7-10(9(3)16-15-7)6-12-8(2)11-4-5-13-14-11/h4-5,8,12H,6H2,1-3H3,(H,13,14). The van der Waals surface area contributed by atoms with Crippen molar-refractivity contribution in [3.05, 3.63) is 35.0 Å². The Bertz CT molecular complexity index is 427. The fraction of sp³-hybridized carbons (Fsp3) is 0.455. The molecule has 0 aliphatic rings. The maximum Gasteiger partial charge on any atom is 0.138 e. The Morgan fingerprint density at radius 2 is 2.31 bits per heavy atom. The summed E-state index contributed by atoms with van der Waals surface area (Å²) in [6.45, 7) is 6.72. The topological polar surface area (TPSA) is 66.7 Å². The zero-order valence-corrected chi connectivity index (χ0v) is 9.74. The highest BCUT2D eigenvalue weighted by atomic mass is 16.5. The van der Waals surface area contributed by atoms with E-state index in [1.54, 1.807) is 6.20 Å². The van der Waals surface area contributed by atoms with Crippen LogP contribution in [-0.4, -0.2) is 15.4 Å². The summed E-state index contributed by atoms with van der Waals surface area (Å²) >= 11 is 0. The molecule has 2 rings (SSSR count). The fourth-order valence-corrected chi connectivity index (χ4v) is 1.63. The predicted octanol–water partition coefficient (Wildman–Crippen LogP) is 1.87. The number of H-pyrrole nitrogens is 1. The maximum absolute atomic E-state index is 5.11. The van der Waals surface area contributed by atoms with Gasteiger partial charge in [-0.1, -0.05) is 5.16 Å². The minimum Gasteiger partial charge on any atom is -0.361 e. The lowest BCUT2D eigenvalue weighted by Crippen LogP contribution is -2.19. The van der Waals surface area contributed by atoms with Crippen LogP contribution in [-0.2, 0) is 6.54 Å². The molecule has 2 N–H and O–H groups in total. The highest BCUT2D eigenvalue weighted by Crippen LogP contribution is 2.14. The molecular formula is C11H16N4O. The first-order chi connectivity index (χ1) is 7.68. The van der Waals surface area contributed by atoms with Gasteiger partial charge in [0.05, 0.1) is 11.4 Å². The van der Waals surface area contributed by atoms with Crippen LogP contribution in [0.25, 0.3) is 0 Å². The zero-order valence-electron chi connectivity index (χ0n) is 9.74. The Morgan fingerprint density at radius 1 is 1.50 bits per heavy atom. The monoisotopic (exact) mass is 220 g/mol. The van der Waals surface area contributed by atoms with E-state index in [1.165, 1.54) is 0 Å². The van der Waals surface area contributed by atoms with Gasteiger partial charge in [-0.25, -0.2) is 0 Å². The molecular weight excluding hydrogens is 204 g/mol. The van der Waals surface area contributed by atoms with E-state index in [0.29, 0.717) is 0 Å². The first kappa shape index (κ1) is 10.9. The van der Waals surface area contributed by atoms with Gasteiger partial charge in [-0.2, -0.15) is 5.10 Å². The molecule has 2 heterocycles. The lowest BCUT2D eigenvalue weighted by Gasteiger charge is -2.11. The molecule has 0 radical (unpaired) electrons. The van der Waals surface area contributed by atoms with E-state index in [-0.39, 0.29) is 6.04 Å². The van der Waals surface area contributed by atoms with Crippen LogP contribution in [0, 0.1) is 13.8 Å². The number of aryl methyl sites for hydroxylation is 2. The molecule has 0 aromatic carbocycles. The first-order valence-electron chi connectivity index (χ1n) is 5.33. The van der Waals surface area contributed by atoms with Crippen molar-refractivity contribution in [2.75, 3.05) is 0 Å². The number of aromatic amines is 1. The summed E-state index contributed by atoms with van der Waals surface area (Å²) in [5.74, 6) is 0.877. The molecule has 2 aromatic heterocycles. The van der Waals surface area contributed by atoms with Crippen LogP contribution < -0.4 is 5.32 Å². The van der Waals surface area contributed by atoms with Gasteiger partial charge < -0.3 is 9.84 Å². The third kappa shape index (κ3) is 2.14. The van der Waals surface area contributed by atoms with Gasteiger partial charge in [0.1, 0.15) is 5.76 Å². The largest absolute Gasteiger partial charge is 0.361 e. The van der Waals surface area contributed by atoms with E-state index in [1.807, 2.05) is 19.9 Å². The molecule has 1 atom stereocenters. The number of hydrogen-bond acceptors (Lipinski definition) is 4. The van der Waals surface area contributed by atoms with Gasteiger partial charge in [-0.15, -0.1) is 0 Å². The maximum atomic E-state index is 5.11. The summed E-state index contributed by atoms with van der Waals surface area (Å²) in [4.78, 5) is 0. The number of nitrogens with zero attached hydrogens (tertiary/aromatic N) is 2. The molecule has 0 fully saturated rings. The van der Waals surface area contributed by atoms with Crippen molar-refractivity contribution in [2.45, 2.75) is 33.4 Å². The molecule has 86 valence electrons. The molecule has 0 saturated heterocycles. The molecule has 0 amide bonds. The molecule has 0 aliphatic carbocycles. The number of nitrogens with one attached hydrogen (secondary N) is 2. The number of hydrogen-bond donors (Lipinski definition) is 2. The van der Waals surface area contributed by atoms with E-state index < -0.39 is 0 Å². The van der Waals surface area contributed by atoms with E-state index in [2.05, 4.69) is 27.6 Å². The summed E-state index contributed by atoms with van der Waals surface area (Å²) in [7, 11) is 0. The van der Waals surface area contributed by atoms with Crippen LogP contribution in [0.15, 0.2) is 16.8 Å². The highest BCUT2D eigenvalue weighted by molar-refractivity contribution is 5.20. The molecule has 5 heteroatoms. The van der Waals surface area contributed by atoms with Crippen LogP contribution in [0.4, 0.5) is 0 Å². The van der Waals surface area contributed by atoms with Gasteiger partial charge in [0.2, 0.25) is 0 Å². The Labute approximate surface area is 94.2 Å². The summed E-state index contributed by atoms with van der Waals surface area (Å²) in [6.07, 6.45) is 1.75. The molecule has 0 aliphatic heterocycles. The van der Waals surface area contributed by atoms with Gasteiger partial charge >= 0.3 is 0 Å². The lowest BCUT2D eigenvalue weighted by atomic mass is 10.2. The second kappa shape index (κ2) is 4.49. The Balaban J connectivity index is 1.98. The molecule has 0 spiro atoms. The molecule has 16 heavy (non-hydrogen) atoms. The van der Waals surface area contributed by atoms with Gasteiger partial charge in [0, 0.05) is 24.3 Å². The van der Waals surface area contributed by atoms with Gasteiger partial charge in [0.25, 0.3) is 0 Å². The van der Waals surface area contributed by atoms with E-state index in [9.17, 15) is 0 Å². The lowest BCUT2D eigenvalue weighted by molar-refractivity contribution is 0.391. The van der Waals surface area contributed by atoms with Gasteiger partial charge in [0.15, 0.2) is 0 Å². The van der Waals surface area contributed by atoms with Gasteiger partial charge in [-0.3, -0.25) is 5.10 Å². The second-order valence-electron chi connectivity index (χ2n) is 3.92. The molecule has 2 aromatic rings. The second-order valence-corrected chi connectivity index (χ2v) is 3.92. The molecule has 0 bridgehead atoms. The fourth-order valence-electron chi connectivity index (χ4n) is 1.63. The minimum atomic E-state index is 0.233. The van der Waals surface area contributed by atoms with Crippen molar-refractivity contribution < 1.29 is 4.52 Å². The quantitative estimate of drug-likeness (QED) is 0.825. The third-order valence-corrected chi connectivity index (χ3v) is 2.76. The summed E-state index contributed by atoms with van der Waals surface area (Å²) in [5, 5.41) is 14.2. The summed E-state index contributed by atoms with van der Waals surface area (Å²) in [6, 6.07) is 2.20. The molecule has 0 saturated carbocycles. The summed E-state index contributed by atoms with van der Waals surface area (Å²) < 4.78 is 5.11. The average molecular weight is 220 g/mol. The minimum absolute atomic E-state index is 0.233. The Hall–Kier alpha value is -1.62. The van der Waals surface area contributed by atoms with Crippen molar-refractivity contribution in [2.24, 2.45) is 0 Å². The van der Waals surface area contributed by atoms with Crippen molar-refractivity contribution in [3.63, 3.8) is 0 Å². The average Bonchev–Trinajstić information content (AvgIpc) is 2.87. The summed E-state index contributed by atoms with van der Waals surface area (Å²) in [5.41, 5.74) is 3.15. The normalized spacial score (nSPS) is 12.9. The number of aromatic nitrogens is 3. The van der Waals surface area contributed by atoms with Crippen molar-refractivity contribution in [3.8, 4) is 0 Å². The number of rotatable bonds is 4. The Morgan fingerprint density at radius 3 is 2.88 bits per heavy atom. The van der Waals surface area contributed by atoms with Crippen LogP contribution in [0.3, 0.4) is 0 Å². The van der Waals surface area contributed by atoms with E-state index in [0.717, 1.165) is 29.3 Å². The first-order valence-corrected chi connectivity index (χ1v) is 5.33. The van der Waals surface area contributed by atoms with E-state index in [4.69, 9.17) is 4.52 Å². The van der Waals surface area contributed by atoms with E-state index >= 15 is 0 Å². The van der Waals surface area contributed by atoms with Crippen molar-refractivity contribution >= 4 is 0 Å². The van der Waals surface area contributed by atoms with Crippen molar-refractivity contribution in [1.82, 2.24) is 20.7 Å². The Kier molecular flexibility index (Phi) is 3.05. The molecule has 1 unspecified atom stereocenters. The van der Waals surface area contributed by atoms with Gasteiger partial charge in [-0.05, 0) is 26.8 Å². The van der Waals surface area contributed by atoms with Crippen LogP contribution in [0.5, 0.6) is 0 Å².